The minimum absolute atomic E-state index is 0.0348. The molecule has 1 aliphatic carbocycles. The Balaban J connectivity index is 1.23. The number of aliphatic hydroxyl groups excluding tert-OH is 1. The molecule has 190 valence electrons. The first kappa shape index (κ1) is 24.2. The Hall–Kier alpha value is -2.49. The van der Waals surface area contributed by atoms with Gasteiger partial charge in [-0.15, -0.1) is 0 Å². The van der Waals surface area contributed by atoms with E-state index in [0.29, 0.717) is 12.0 Å². The number of hydrogen-bond donors (Lipinski definition) is 2. The van der Waals surface area contributed by atoms with Crippen molar-refractivity contribution in [3.8, 4) is 0 Å². The highest BCUT2D eigenvalue weighted by Gasteiger charge is 2.52. The average Bonchev–Trinajstić information content (AvgIpc) is 3.55. The number of ketones is 1. The number of Topliss-reactive ketones (excluding diaryl/α,β-unsaturated/α-hetero) is 1. The molecule has 1 aromatic rings. The molecular weight excluding hydrogens is 448 g/mol. The van der Waals surface area contributed by atoms with Crippen LogP contribution in [0, 0.1) is 5.92 Å². The largest absolute Gasteiger partial charge is 0.388 e. The molecule has 9 nitrogen and oxygen atoms in total. The minimum Gasteiger partial charge on any atom is -0.388 e. The fraction of sp³-hybridized carbons (Fsp3) is 0.654. The van der Waals surface area contributed by atoms with E-state index in [0.717, 1.165) is 37.9 Å². The zero-order valence-electron chi connectivity index (χ0n) is 20.6. The SMILES string of the molecule is CC(C)CC(NC(=O)c1ccc(N2CCN(C3CC3)CC2)cc1)C(=O)N1C[C@H](O)[C@H]2OCC(=O)[C@H]21. The third-order valence-corrected chi connectivity index (χ3v) is 7.62. The second kappa shape index (κ2) is 9.87. The smallest absolute Gasteiger partial charge is 0.251 e. The van der Waals surface area contributed by atoms with Crippen molar-refractivity contribution in [1.82, 2.24) is 15.1 Å². The molecule has 4 aliphatic rings. The highest BCUT2D eigenvalue weighted by atomic mass is 16.5. The summed E-state index contributed by atoms with van der Waals surface area (Å²) in [6, 6.07) is 6.78. The third-order valence-electron chi connectivity index (χ3n) is 7.62. The number of benzene rings is 1. The van der Waals surface area contributed by atoms with Gasteiger partial charge >= 0.3 is 0 Å². The van der Waals surface area contributed by atoms with Crippen molar-refractivity contribution in [2.45, 2.75) is 63.4 Å². The maximum Gasteiger partial charge on any atom is 0.251 e. The van der Waals surface area contributed by atoms with Gasteiger partial charge in [0.25, 0.3) is 5.91 Å². The number of carbonyl (C=O) groups excluding carboxylic acids is 3. The van der Waals surface area contributed by atoms with E-state index in [9.17, 15) is 19.5 Å². The molecule has 3 aliphatic heterocycles. The summed E-state index contributed by atoms with van der Waals surface area (Å²) >= 11 is 0. The van der Waals surface area contributed by atoms with E-state index >= 15 is 0 Å². The van der Waals surface area contributed by atoms with Crippen LogP contribution < -0.4 is 10.2 Å². The Morgan fingerprint density at radius 1 is 1.11 bits per heavy atom. The lowest BCUT2D eigenvalue weighted by molar-refractivity contribution is -0.138. The van der Waals surface area contributed by atoms with Crippen LogP contribution in [0.2, 0.25) is 0 Å². The quantitative estimate of drug-likeness (QED) is 0.586. The Morgan fingerprint density at radius 3 is 2.43 bits per heavy atom. The standard InChI is InChI=1S/C26H36N4O5/c1-16(2)13-20(26(34)30-14-21(31)24-23(30)22(32)15-35-24)27-25(33)17-3-5-18(6-4-17)28-9-11-29(12-10-28)19-7-8-19/h3-6,16,19-21,23-24,31H,7-15H2,1-2H3,(H,27,33)/t20?,21-,23+,24+/m0/s1. The van der Waals surface area contributed by atoms with Crippen LogP contribution in [-0.2, 0) is 14.3 Å². The van der Waals surface area contributed by atoms with Gasteiger partial charge in [-0.3, -0.25) is 19.3 Å². The zero-order valence-corrected chi connectivity index (χ0v) is 20.6. The summed E-state index contributed by atoms with van der Waals surface area (Å²) in [5.74, 6) is -0.718. The highest BCUT2D eigenvalue weighted by molar-refractivity contribution is 5.99. The van der Waals surface area contributed by atoms with Crippen LogP contribution >= 0.6 is 0 Å². The van der Waals surface area contributed by atoms with Crippen LogP contribution in [0.3, 0.4) is 0 Å². The van der Waals surface area contributed by atoms with Crippen molar-refractivity contribution >= 4 is 23.3 Å². The van der Waals surface area contributed by atoms with Gasteiger partial charge in [-0.25, -0.2) is 0 Å². The first-order chi connectivity index (χ1) is 16.8. The Morgan fingerprint density at radius 2 is 1.80 bits per heavy atom. The molecular formula is C26H36N4O5. The van der Waals surface area contributed by atoms with Crippen LogP contribution in [0.4, 0.5) is 5.69 Å². The number of rotatable bonds is 7. The number of nitrogens with one attached hydrogen (secondary N) is 1. The second-order valence-corrected chi connectivity index (χ2v) is 10.7. The zero-order chi connectivity index (χ0) is 24.7. The molecule has 3 heterocycles. The fourth-order valence-corrected chi connectivity index (χ4v) is 5.60. The number of β-amino-alcohol motifs (C(OH)–C–C–N with tert-alkyl or cyclic N) is 1. The van der Waals surface area contributed by atoms with Gasteiger partial charge in [-0.05, 0) is 49.4 Å². The van der Waals surface area contributed by atoms with Crippen LogP contribution in [0.25, 0.3) is 0 Å². The maximum atomic E-state index is 13.4. The van der Waals surface area contributed by atoms with Crippen molar-refractivity contribution in [3.05, 3.63) is 29.8 Å². The molecule has 4 atom stereocenters. The molecule has 0 radical (unpaired) electrons. The molecule has 35 heavy (non-hydrogen) atoms. The monoisotopic (exact) mass is 484 g/mol. The summed E-state index contributed by atoms with van der Waals surface area (Å²) in [6.45, 7) is 8.02. The van der Waals surface area contributed by atoms with Crippen molar-refractivity contribution < 1.29 is 24.2 Å². The summed E-state index contributed by atoms with van der Waals surface area (Å²) in [7, 11) is 0. The van der Waals surface area contributed by atoms with Gasteiger partial charge in [-0.1, -0.05) is 13.8 Å². The molecule has 0 spiro atoms. The van der Waals surface area contributed by atoms with Crippen molar-refractivity contribution in [1.29, 1.82) is 0 Å². The van der Waals surface area contributed by atoms with E-state index < -0.39 is 24.3 Å². The van der Waals surface area contributed by atoms with Crippen LogP contribution in [0.15, 0.2) is 24.3 Å². The highest BCUT2D eigenvalue weighted by Crippen LogP contribution is 2.30. The van der Waals surface area contributed by atoms with Gasteiger partial charge < -0.3 is 25.0 Å². The molecule has 3 saturated heterocycles. The number of fused-ring (bicyclic) bond motifs is 1. The predicted molar refractivity (Wildman–Crippen MR) is 130 cm³/mol. The van der Waals surface area contributed by atoms with Crippen LogP contribution in [0.1, 0.15) is 43.5 Å². The minimum atomic E-state index is -0.899. The number of hydrogen-bond acceptors (Lipinski definition) is 7. The number of likely N-dealkylation sites (tertiary alicyclic amines) is 1. The number of carbonyl (C=O) groups is 3. The van der Waals surface area contributed by atoms with Gasteiger partial charge in [0.15, 0.2) is 5.78 Å². The van der Waals surface area contributed by atoms with E-state index in [2.05, 4.69) is 15.1 Å². The maximum absolute atomic E-state index is 13.4. The molecule has 2 amide bonds. The third kappa shape index (κ3) is 5.08. The molecule has 1 saturated carbocycles. The fourth-order valence-electron chi connectivity index (χ4n) is 5.60. The number of anilines is 1. The topological polar surface area (TPSA) is 102 Å². The molecule has 1 aromatic carbocycles. The van der Waals surface area contributed by atoms with Gasteiger partial charge in [0.1, 0.15) is 30.9 Å². The Kier molecular flexibility index (Phi) is 6.83. The van der Waals surface area contributed by atoms with Gasteiger partial charge in [0, 0.05) is 43.5 Å². The van der Waals surface area contributed by atoms with E-state index in [1.54, 1.807) is 12.1 Å². The molecule has 0 bridgehead atoms. The first-order valence-electron chi connectivity index (χ1n) is 12.8. The summed E-state index contributed by atoms with van der Waals surface area (Å²) < 4.78 is 5.39. The average molecular weight is 485 g/mol. The van der Waals surface area contributed by atoms with E-state index in [-0.39, 0.29) is 36.7 Å². The Labute approximate surface area is 206 Å². The lowest BCUT2D eigenvalue weighted by Crippen LogP contribution is -2.52. The summed E-state index contributed by atoms with van der Waals surface area (Å²) in [6.07, 6.45) is 1.51. The van der Waals surface area contributed by atoms with E-state index in [1.807, 2.05) is 26.0 Å². The predicted octanol–water partition coefficient (Wildman–Crippen LogP) is 0.655. The van der Waals surface area contributed by atoms with E-state index in [1.165, 1.54) is 17.7 Å². The molecule has 4 fully saturated rings. The van der Waals surface area contributed by atoms with E-state index in [4.69, 9.17) is 4.74 Å². The number of piperazine rings is 1. The normalized spacial score (nSPS) is 27.9. The van der Waals surface area contributed by atoms with Crippen LogP contribution in [0.5, 0.6) is 0 Å². The van der Waals surface area contributed by atoms with Gasteiger partial charge in [0.2, 0.25) is 5.91 Å². The molecule has 0 aromatic heterocycles. The number of aliphatic hydroxyl groups is 1. The van der Waals surface area contributed by atoms with Crippen molar-refractivity contribution in [2.24, 2.45) is 5.92 Å². The first-order valence-corrected chi connectivity index (χ1v) is 12.8. The molecule has 9 heteroatoms. The lowest BCUT2D eigenvalue weighted by Gasteiger charge is -2.36. The summed E-state index contributed by atoms with van der Waals surface area (Å²) in [5.41, 5.74) is 1.59. The summed E-state index contributed by atoms with van der Waals surface area (Å²) in [5, 5.41) is 13.2. The molecule has 1 unspecified atom stereocenters. The van der Waals surface area contributed by atoms with Crippen molar-refractivity contribution in [3.63, 3.8) is 0 Å². The summed E-state index contributed by atoms with van der Waals surface area (Å²) in [4.78, 5) is 45.1. The Bertz CT molecular complexity index is 955. The number of nitrogens with zero attached hydrogens (tertiary/aromatic N) is 3. The lowest BCUT2D eigenvalue weighted by atomic mass is 10.0. The van der Waals surface area contributed by atoms with Gasteiger partial charge in [-0.2, -0.15) is 0 Å². The second-order valence-electron chi connectivity index (χ2n) is 10.7. The van der Waals surface area contributed by atoms with Crippen LogP contribution in [-0.4, -0.2) is 102 Å². The van der Waals surface area contributed by atoms with Gasteiger partial charge in [0.05, 0.1) is 6.54 Å². The number of amides is 2. The molecule has 5 rings (SSSR count). The molecule has 2 N–H and O–H groups in total. The number of ether oxygens (including phenoxy) is 1. The van der Waals surface area contributed by atoms with Crippen molar-refractivity contribution in [2.75, 3.05) is 44.2 Å².